The number of thiophene rings is 1. The van der Waals surface area contributed by atoms with E-state index in [0.717, 1.165) is 0 Å². The second kappa shape index (κ2) is 5.25. The van der Waals surface area contributed by atoms with E-state index >= 15 is 0 Å². The van der Waals surface area contributed by atoms with Gasteiger partial charge in [-0.25, -0.2) is 13.2 Å². The summed E-state index contributed by atoms with van der Waals surface area (Å²) in [5, 5.41) is 12.8. The molecule has 0 unspecified atom stereocenters. The Morgan fingerprint density at radius 3 is 2.65 bits per heavy atom. The Kier molecular flexibility index (Phi) is 3.82. The summed E-state index contributed by atoms with van der Waals surface area (Å²) in [5.41, 5.74) is 0.337. The Hall–Kier alpha value is -1.87. The predicted octanol–water partition coefficient (Wildman–Crippen LogP) is 2.02. The van der Waals surface area contributed by atoms with Crippen LogP contribution in [-0.4, -0.2) is 29.3 Å². The summed E-state index contributed by atoms with van der Waals surface area (Å²) < 4.78 is 28.1. The van der Waals surface area contributed by atoms with Crippen LogP contribution in [0.1, 0.15) is 29.6 Å². The summed E-state index contributed by atoms with van der Waals surface area (Å²) >= 11 is 0.703. The normalized spacial score (nSPS) is 11.8. The molecule has 0 bridgehead atoms. The molecule has 0 saturated heterocycles. The molecule has 0 fully saturated rings. The van der Waals surface area contributed by atoms with Gasteiger partial charge < -0.3 is 5.11 Å². The zero-order chi connectivity index (χ0) is 14.9. The van der Waals surface area contributed by atoms with E-state index in [0.29, 0.717) is 17.0 Å². The predicted molar refractivity (Wildman–Crippen MR) is 74.7 cm³/mol. The zero-order valence-corrected chi connectivity index (χ0v) is 12.4. The average molecular weight is 315 g/mol. The number of hydrogen-bond acceptors (Lipinski definition) is 5. The zero-order valence-electron chi connectivity index (χ0n) is 10.8. The number of carboxylic acids is 1. The van der Waals surface area contributed by atoms with E-state index in [9.17, 15) is 13.2 Å². The first-order valence-corrected chi connectivity index (χ1v) is 7.99. The first-order chi connectivity index (χ1) is 9.29. The van der Waals surface area contributed by atoms with Crippen molar-refractivity contribution >= 4 is 33.0 Å². The molecule has 0 atom stereocenters. The van der Waals surface area contributed by atoms with Gasteiger partial charge in [0.15, 0.2) is 0 Å². The molecule has 0 amide bonds. The van der Waals surface area contributed by atoms with Crippen molar-refractivity contribution in [2.75, 3.05) is 4.72 Å². The Labute approximate surface area is 119 Å². The quantitative estimate of drug-likeness (QED) is 0.879. The van der Waals surface area contributed by atoms with Gasteiger partial charge in [0.2, 0.25) is 0 Å². The third-order valence-electron chi connectivity index (χ3n) is 2.44. The minimum absolute atomic E-state index is 0.0248. The van der Waals surface area contributed by atoms with Gasteiger partial charge >= 0.3 is 5.97 Å². The molecule has 0 aliphatic carbocycles. The average Bonchev–Trinajstić information content (AvgIpc) is 2.95. The number of rotatable bonds is 5. The van der Waals surface area contributed by atoms with Crippen LogP contribution in [0.3, 0.4) is 0 Å². The molecule has 0 aromatic carbocycles. The van der Waals surface area contributed by atoms with Crippen molar-refractivity contribution in [1.29, 1.82) is 0 Å². The van der Waals surface area contributed by atoms with Crippen LogP contribution in [-0.2, 0) is 10.0 Å². The van der Waals surface area contributed by atoms with Crippen molar-refractivity contribution in [2.24, 2.45) is 0 Å². The van der Waals surface area contributed by atoms with E-state index in [1.807, 2.05) is 13.8 Å². The third kappa shape index (κ3) is 2.99. The molecule has 2 N–H and O–H groups in total. The highest BCUT2D eigenvalue weighted by Crippen LogP contribution is 2.24. The van der Waals surface area contributed by atoms with Gasteiger partial charge in [-0.05, 0) is 26.0 Å². The maximum Gasteiger partial charge on any atom is 0.345 e. The summed E-state index contributed by atoms with van der Waals surface area (Å²) in [7, 11) is -3.79. The Morgan fingerprint density at radius 2 is 2.15 bits per heavy atom. The van der Waals surface area contributed by atoms with Gasteiger partial charge in [0.05, 0.1) is 11.9 Å². The number of hydrogen-bond donors (Lipinski definition) is 2. The van der Waals surface area contributed by atoms with Gasteiger partial charge in [-0.3, -0.25) is 9.40 Å². The monoisotopic (exact) mass is 315 g/mol. The highest BCUT2D eigenvalue weighted by molar-refractivity contribution is 7.94. The highest BCUT2D eigenvalue weighted by Gasteiger charge is 2.19. The van der Waals surface area contributed by atoms with Crippen molar-refractivity contribution in [3.8, 4) is 0 Å². The van der Waals surface area contributed by atoms with Crippen LogP contribution in [0.25, 0.3) is 0 Å². The second-order valence-electron chi connectivity index (χ2n) is 4.33. The van der Waals surface area contributed by atoms with Gasteiger partial charge in [-0.2, -0.15) is 5.10 Å². The number of aromatic carboxylic acids is 1. The minimum atomic E-state index is -3.79. The Bertz CT molecular complexity index is 730. The summed E-state index contributed by atoms with van der Waals surface area (Å²) in [6.45, 7) is 3.84. The van der Waals surface area contributed by atoms with Gasteiger partial charge in [0.1, 0.15) is 9.09 Å². The van der Waals surface area contributed by atoms with E-state index in [1.165, 1.54) is 18.3 Å². The molecule has 0 aliphatic heterocycles. The lowest BCUT2D eigenvalue weighted by atomic mass is 10.4. The molecular weight excluding hydrogens is 302 g/mol. The molecule has 2 heterocycles. The first kappa shape index (κ1) is 14.5. The van der Waals surface area contributed by atoms with Crippen LogP contribution in [0.4, 0.5) is 5.69 Å². The van der Waals surface area contributed by atoms with E-state index in [-0.39, 0.29) is 15.1 Å². The van der Waals surface area contributed by atoms with E-state index in [1.54, 1.807) is 10.9 Å². The Morgan fingerprint density at radius 1 is 1.45 bits per heavy atom. The number of nitrogens with one attached hydrogen (secondary N) is 1. The molecule has 7 nitrogen and oxygen atoms in total. The summed E-state index contributed by atoms with van der Waals surface area (Å²) in [5.74, 6) is -1.15. The largest absolute Gasteiger partial charge is 0.477 e. The van der Waals surface area contributed by atoms with Crippen molar-refractivity contribution in [2.45, 2.75) is 24.1 Å². The van der Waals surface area contributed by atoms with Crippen LogP contribution in [0.5, 0.6) is 0 Å². The van der Waals surface area contributed by atoms with Crippen LogP contribution in [0, 0.1) is 0 Å². The molecule has 9 heteroatoms. The fourth-order valence-electron chi connectivity index (χ4n) is 1.46. The van der Waals surface area contributed by atoms with Crippen LogP contribution in [0.15, 0.2) is 28.7 Å². The maximum atomic E-state index is 12.1. The SMILES string of the molecule is CC(C)n1cc(NS(=O)(=O)c2ccc(C(=O)O)s2)cn1. The number of carboxylic acid groups (broad SMARTS) is 1. The minimum Gasteiger partial charge on any atom is -0.477 e. The van der Waals surface area contributed by atoms with Crippen molar-refractivity contribution in [3.05, 3.63) is 29.4 Å². The number of anilines is 1. The lowest BCUT2D eigenvalue weighted by Gasteiger charge is -2.04. The van der Waals surface area contributed by atoms with Crippen LogP contribution < -0.4 is 4.72 Å². The number of aromatic nitrogens is 2. The number of sulfonamides is 1. The van der Waals surface area contributed by atoms with Crippen LogP contribution >= 0.6 is 11.3 Å². The Balaban J connectivity index is 2.23. The van der Waals surface area contributed by atoms with Gasteiger partial charge in [-0.15, -0.1) is 11.3 Å². The summed E-state index contributed by atoms with van der Waals surface area (Å²) in [6, 6.07) is 2.65. The molecule has 2 rings (SSSR count). The number of carbonyl (C=O) groups is 1. The smallest absolute Gasteiger partial charge is 0.345 e. The molecular formula is C11H13N3O4S2. The molecule has 0 spiro atoms. The molecule has 20 heavy (non-hydrogen) atoms. The molecule has 108 valence electrons. The van der Waals surface area contributed by atoms with Crippen LogP contribution in [0.2, 0.25) is 0 Å². The van der Waals surface area contributed by atoms with Gasteiger partial charge in [0, 0.05) is 12.2 Å². The maximum absolute atomic E-state index is 12.1. The van der Waals surface area contributed by atoms with Crippen molar-refractivity contribution in [3.63, 3.8) is 0 Å². The molecule has 0 saturated carbocycles. The van der Waals surface area contributed by atoms with E-state index < -0.39 is 16.0 Å². The summed E-state index contributed by atoms with van der Waals surface area (Å²) in [4.78, 5) is 10.7. The molecule has 0 aliphatic rings. The molecule has 2 aromatic rings. The van der Waals surface area contributed by atoms with E-state index in [2.05, 4.69) is 9.82 Å². The van der Waals surface area contributed by atoms with Crippen molar-refractivity contribution in [1.82, 2.24) is 9.78 Å². The summed E-state index contributed by atoms with van der Waals surface area (Å²) in [6.07, 6.45) is 2.98. The number of nitrogens with zero attached hydrogens (tertiary/aromatic N) is 2. The molecule has 0 radical (unpaired) electrons. The fourth-order valence-corrected chi connectivity index (χ4v) is 3.63. The highest BCUT2D eigenvalue weighted by atomic mass is 32.2. The second-order valence-corrected chi connectivity index (χ2v) is 7.33. The lowest BCUT2D eigenvalue weighted by Crippen LogP contribution is -2.11. The third-order valence-corrected chi connectivity index (χ3v) is 5.39. The van der Waals surface area contributed by atoms with Gasteiger partial charge in [0.25, 0.3) is 10.0 Å². The lowest BCUT2D eigenvalue weighted by molar-refractivity contribution is 0.0702. The topological polar surface area (TPSA) is 101 Å². The fraction of sp³-hybridized carbons (Fsp3) is 0.273. The van der Waals surface area contributed by atoms with E-state index in [4.69, 9.17) is 5.11 Å². The van der Waals surface area contributed by atoms with Crippen molar-refractivity contribution < 1.29 is 18.3 Å². The first-order valence-electron chi connectivity index (χ1n) is 5.69. The molecule has 2 aromatic heterocycles. The van der Waals surface area contributed by atoms with Gasteiger partial charge in [-0.1, -0.05) is 0 Å². The standard InChI is InChI=1S/C11H13N3O4S2/c1-7(2)14-6-8(5-12-14)13-20(17,18)10-4-3-9(19-10)11(15)16/h3-7,13H,1-2H3,(H,15,16).